The maximum atomic E-state index is 12.3. The molecule has 0 fully saturated rings. The summed E-state index contributed by atoms with van der Waals surface area (Å²) in [5.74, 6) is 1.19. The summed E-state index contributed by atoms with van der Waals surface area (Å²) in [7, 11) is 1.52. The number of hydrogen-bond donors (Lipinski definition) is 3. The number of amides is 3. The lowest BCUT2D eigenvalue weighted by Crippen LogP contribution is -2.39. The second-order valence-corrected chi connectivity index (χ2v) is 6.32. The van der Waals surface area contributed by atoms with Crippen LogP contribution in [0.5, 0.6) is 11.5 Å². The van der Waals surface area contributed by atoms with E-state index in [1.54, 1.807) is 18.2 Å². The molecule has 142 valence electrons. The molecule has 0 radical (unpaired) electrons. The van der Waals surface area contributed by atoms with Crippen molar-refractivity contribution < 1.29 is 19.1 Å². The molecule has 7 nitrogen and oxygen atoms in total. The van der Waals surface area contributed by atoms with E-state index in [1.807, 2.05) is 18.2 Å². The molecule has 0 bridgehead atoms. The molecule has 3 N–H and O–H groups in total. The van der Waals surface area contributed by atoms with Gasteiger partial charge in [-0.2, -0.15) is 0 Å². The molecule has 0 spiro atoms. The number of hydrogen-bond acceptors (Lipinski definition) is 4. The number of nitrogens with one attached hydrogen (secondary N) is 3. The summed E-state index contributed by atoms with van der Waals surface area (Å²) >= 11 is 0. The van der Waals surface area contributed by atoms with Crippen LogP contribution in [-0.2, 0) is 11.2 Å². The summed E-state index contributed by atoms with van der Waals surface area (Å²) in [6, 6.07) is 12.6. The molecule has 1 aliphatic rings. The van der Waals surface area contributed by atoms with Crippen molar-refractivity contribution in [2.75, 3.05) is 24.3 Å². The number of urea groups is 1. The minimum absolute atomic E-state index is 0.0711. The number of carbonyl (C=O) groups is 2. The molecule has 3 rings (SSSR count). The summed E-state index contributed by atoms with van der Waals surface area (Å²) < 4.78 is 11.2. The summed E-state index contributed by atoms with van der Waals surface area (Å²) in [6.45, 7) is 1.82. The Morgan fingerprint density at radius 1 is 1.19 bits per heavy atom. The van der Waals surface area contributed by atoms with Crippen molar-refractivity contribution in [3.63, 3.8) is 0 Å². The zero-order chi connectivity index (χ0) is 19.2. The van der Waals surface area contributed by atoms with Crippen molar-refractivity contribution >= 4 is 23.3 Å². The van der Waals surface area contributed by atoms with Crippen LogP contribution in [0.4, 0.5) is 16.2 Å². The third kappa shape index (κ3) is 4.91. The number of ether oxygens (including phenoxy) is 2. The van der Waals surface area contributed by atoms with Crippen LogP contribution < -0.4 is 25.4 Å². The number of para-hydroxylation sites is 1. The van der Waals surface area contributed by atoms with Crippen molar-refractivity contribution in [3.8, 4) is 11.5 Å². The van der Waals surface area contributed by atoms with Crippen LogP contribution in [0.15, 0.2) is 42.5 Å². The lowest BCUT2D eigenvalue weighted by atomic mass is 10.0. The fourth-order valence-corrected chi connectivity index (χ4v) is 2.98. The zero-order valence-electron chi connectivity index (χ0n) is 15.4. The van der Waals surface area contributed by atoms with E-state index in [0.29, 0.717) is 23.7 Å². The van der Waals surface area contributed by atoms with Crippen LogP contribution >= 0.6 is 0 Å². The fraction of sp³-hybridized carbons (Fsp3) is 0.300. The average molecular weight is 369 g/mol. The molecule has 1 aliphatic heterocycles. The molecule has 0 saturated carbocycles. The number of methoxy groups -OCH3 is 1. The van der Waals surface area contributed by atoms with Crippen LogP contribution in [-0.4, -0.2) is 31.7 Å². The van der Waals surface area contributed by atoms with Gasteiger partial charge in [-0.25, -0.2) is 4.79 Å². The Balaban J connectivity index is 1.57. The molecule has 1 atom stereocenters. The van der Waals surface area contributed by atoms with Gasteiger partial charge in [0.05, 0.1) is 19.3 Å². The lowest BCUT2D eigenvalue weighted by molar-refractivity contribution is -0.114. The van der Waals surface area contributed by atoms with E-state index in [2.05, 4.69) is 22.0 Å². The van der Waals surface area contributed by atoms with Gasteiger partial charge in [-0.1, -0.05) is 18.2 Å². The van der Waals surface area contributed by atoms with E-state index in [1.165, 1.54) is 19.6 Å². The fourth-order valence-electron chi connectivity index (χ4n) is 2.98. The van der Waals surface area contributed by atoms with E-state index >= 15 is 0 Å². The minimum atomic E-state index is -0.365. The average Bonchev–Trinajstić information content (AvgIpc) is 2.66. The third-order valence-electron chi connectivity index (χ3n) is 4.26. The summed E-state index contributed by atoms with van der Waals surface area (Å²) in [6.07, 6.45) is 1.70. The van der Waals surface area contributed by atoms with Crippen molar-refractivity contribution in [1.82, 2.24) is 5.32 Å². The molecule has 1 heterocycles. The number of rotatable bonds is 5. The van der Waals surface area contributed by atoms with E-state index in [9.17, 15) is 9.59 Å². The van der Waals surface area contributed by atoms with E-state index < -0.39 is 0 Å². The third-order valence-corrected chi connectivity index (χ3v) is 4.26. The first-order valence-electron chi connectivity index (χ1n) is 8.80. The number of aryl methyl sites for hydroxylation is 1. The first-order chi connectivity index (χ1) is 13.0. The van der Waals surface area contributed by atoms with Gasteiger partial charge < -0.3 is 25.4 Å². The van der Waals surface area contributed by atoms with Gasteiger partial charge in [0.15, 0.2) is 0 Å². The number of benzene rings is 2. The molecule has 0 unspecified atom stereocenters. The molecule has 3 amide bonds. The molecule has 27 heavy (non-hydrogen) atoms. The minimum Gasteiger partial charge on any atom is -0.495 e. The Labute approximate surface area is 158 Å². The van der Waals surface area contributed by atoms with Crippen LogP contribution in [0, 0.1) is 0 Å². The second kappa shape index (κ2) is 8.44. The first-order valence-corrected chi connectivity index (χ1v) is 8.80. The Bertz CT molecular complexity index is 838. The predicted molar refractivity (Wildman–Crippen MR) is 103 cm³/mol. The standard InChI is InChI=1S/C20H23N3O4/c1-13(24)22-15-8-10-19(26-2)17(11-15)23-20(25)21-12-16-9-7-14-5-3-4-6-18(14)27-16/h3-6,8,10-11,16H,7,9,12H2,1-2H3,(H,22,24)(H2,21,23,25)/t16-/m1/s1. The van der Waals surface area contributed by atoms with Gasteiger partial charge in [-0.05, 0) is 42.7 Å². The highest BCUT2D eigenvalue weighted by Crippen LogP contribution is 2.28. The normalized spacial score (nSPS) is 15.1. The van der Waals surface area contributed by atoms with Crippen LogP contribution in [0.3, 0.4) is 0 Å². The number of anilines is 2. The Kier molecular flexibility index (Phi) is 5.80. The summed E-state index contributed by atoms with van der Waals surface area (Å²) in [4.78, 5) is 23.5. The van der Waals surface area contributed by atoms with Crippen LogP contribution in [0.2, 0.25) is 0 Å². The quantitative estimate of drug-likeness (QED) is 0.755. The van der Waals surface area contributed by atoms with Crippen molar-refractivity contribution in [1.29, 1.82) is 0 Å². The van der Waals surface area contributed by atoms with Crippen molar-refractivity contribution in [2.45, 2.75) is 25.9 Å². The smallest absolute Gasteiger partial charge is 0.319 e. The highest BCUT2D eigenvalue weighted by molar-refractivity contribution is 5.94. The highest BCUT2D eigenvalue weighted by atomic mass is 16.5. The largest absolute Gasteiger partial charge is 0.495 e. The van der Waals surface area contributed by atoms with Gasteiger partial charge in [0.1, 0.15) is 17.6 Å². The monoisotopic (exact) mass is 369 g/mol. The zero-order valence-corrected chi connectivity index (χ0v) is 15.4. The molecule has 0 aromatic heterocycles. The van der Waals surface area contributed by atoms with Gasteiger partial charge in [0.2, 0.25) is 5.91 Å². The maximum Gasteiger partial charge on any atom is 0.319 e. The van der Waals surface area contributed by atoms with Crippen LogP contribution in [0.25, 0.3) is 0 Å². The van der Waals surface area contributed by atoms with Crippen LogP contribution in [0.1, 0.15) is 18.9 Å². The highest BCUT2D eigenvalue weighted by Gasteiger charge is 2.20. The lowest BCUT2D eigenvalue weighted by Gasteiger charge is -2.26. The van der Waals surface area contributed by atoms with E-state index in [4.69, 9.17) is 9.47 Å². The molecule has 2 aromatic carbocycles. The second-order valence-electron chi connectivity index (χ2n) is 6.32. The first kappa shape index (κ1) is 18.6. The van der Waals surface area contributed by atoms with Gasteiger partial charge in [0.25, 0.3) is 0 Å². The van der Waals surface area contributed by atoms with Crippen molar-refractivity contribution in [3.05, 3.63) is 48.0 Å². The van der Waals surface area contributed by atoms with Gasteiger partial charge in [-0.3, -0.25) is 4.79 Å². The molecular formula is C20H23N3O4. The summed E-state index contributed by atoms with van der Waals surface area (Å²) in [5, 5.41) is 8.25. The summed E-state index contributed by atoms with van der Waals surface area (Å²) in [5.41, 5.74) is 2.24. The molecule has 0 aliphatic carbocycles. The molecular weight excluding hydrogens is 346 g/mol. The van der Waals surface area contributed by atoms with Gasteiger partial charge in [-0.15, -0.1) is 0 Å². The van der Waals surface area contributed by atoms with E-state index in [0.717, 1.165) is 18.6 Å². The molecule has 0 saturated heterocycles. The van der Waals surface area contributed by atoms with Gasteiger partial charge >= 0.3 is 6.03 Å². The number of fused-ring (bicyclic) bond motifs is 1. The Morgan fingerprint density at radius 2 is 2.00 bits per heavy atom. The Morgan fingerprint density at radius 3 is 2.78 bits per heavy atom. The topological polar surface area (TPSA) is 88.7 Å². The molecule has 2 aromatic rings. The SMILES string of the molecule is COc1ccc(NC(C)=O)cc1NC(=O)NC[C@H]1CCc2ccccc2O1. The Hall–Kier alpha value is -3.22. The number of carbonyl (C=O) groups excluding carboxylic acids is 2. The van der Waals surface area contributed by atoms with Gasteiger partial charge in [0, 0.05) is 12.6 Å². The van der Waals surface area contributed by atoms with Crippen molar-refractivity contribution in [2.24, 2.45) is 0 Å². The van der Waals surface area contributed by atoms with E-state index in [-0.39, 0.29) is 18.0 Å². The maximum absolute atomic E-state index is 12.3. The predicted octanol–water partition coefficient (Wildman–Crippen LogP) is 3.17. The molecule has 7 heteroatoms.